The lowest BCUT2D eigenvalue weighted by Gasteiger charge is -2.47. The molecule has 9 atom stereocenters. The van der Waals surface area contributed by atoms with Crippen molar-refractivity contribution in [1.29, 1.82) is 0 Å². The predicted octanol–water partition coefficient (Wildman–Crippen LogP) is 3.00. The number of carbonyl (C=O) groups excluding carboxylic acids is 1. The summed E-state index contributed by atoms with van der Waals surface area (Å²) in [4.78, 5) is 34.3. The third kappa shape index (κ3) is 8.54. The first-order valence-electron chi connectivity index (χ1n) is 18.3. The van der Waals surface area contributed by atoms with Crippen LogP contribution in [0.15, 0.2) is 4.79 Å². The van der Waals surface area contributed by atoms with Crippen LogP contribution < -0.4 is 15.6 Å². The summed E-state index contributed by atoms with van der Waals surface area (Å²) in [5.41, 5.74) is 1.25. The number of nitrogens with zero attached hydrogens (tertiary/aromatic N) is 3. The lowest BCUT2D eigenvalue weighted by Crippen LogP contribution is -2.58. The number of aromatic nitrogens is 2. The normalized spacial score (nSPS) is 38.2. The number of likely N-dealkylation sites (N-methyl/N-ethyl adjacent to an activating group) is 1. The number of hydrogen-bond acceptors (Lipinski definition) is 10. The minimum Gasteiger partial charge on any atom is -0.390 e. The highest BCUT2D eigenvalue weighted by Gasteiger charge is 2.52. The molecule has 3 heterocycles. The highest BCUT2D eigenvalue weighted by atomic mass is 35.5. The molecule has 1 aromatic rings. The summed E-state index contributed by atoms with van der Waals surface area (Å²) in [5, 5.41) is 14.3. The molecule has 4 fully saturated rings. The zero-order valence-electron chi connectivity index (χ0n) is 29.7. The van der Waals surface area contributed by atoms with Crippen LogP contribution in [0.1, 0.15) is 88.7 Å². The van der Waals surface area contributed by atoms with Crippen molar-refractivity contribution in [3.8, 4) is 0 Å². The Hall–Kier alpha value is -1.22. The van der Waals surface area contributed by atoms with Gasteiger partial charge in [0.15, 0.2) is 0 Å². The van der Waals surface area contributed by atoms with Crippen LogP contribution >= 0.6 is 23.4 Å². The number of aliphatic hydroxyl groups is 1. The van der Waals surface area contributed by atoms with Gasteiger partial charge in [0.2, 0.25) is 15.9 Å². The number of aryl methyl sites for hydroxylation is 2. The van der Waals surface area contributed by atoms with E-state index in [0.717, 1.165) is 87.5 Å². The Morgan fingerprint density at radius 2 is 1.92 bits per heavy atom. The number of nitrogens with one attached hydrogen (secondary N) is 2. The minimum atomic E-state index is -3.63. The number of sulfonamides is 1. The van der Waals surface area contributed by atoms with Gasteiger partial charge in [-0.1, -0.05) is 0 Å². The molecular formula is C35H56ClN5O6S2. The Morgan fingerprint density at radius 1 is 1.18 bits per heavy atom. The zero-order valence-corrected chi connectivity index (χ0v) is 32.1. The van der Waals surface area contributed by atoms with Gasteiger partial charge in [0.1, 0.15) is 5.82 Å². The number of hydrogen-bond donors (Lipinski definition) is 3. The van der Waals surface area contributed by atoms with Crippen molar-refractivity contribution in [2.75, 3.05) is 25.7 Å². The fraction of sp³-hybridized carbons (Fsp3) is 0.857. The number of piperidine rings is 1. The monoisotopic (exact) mass is 741 g/mol. The molecule has 2 saturated carbocycles. The predicted molar refractivity (Wildman–Crippen MR) is 194 cm³/mol. The molecule has 0 bridgehead atoms. The maximum Gasteiger partial charge on any atom is 0.257 e. The van der Waals surface area contributed by atoms with Gasteiger partial charge in [0, 0.05) is 46.1 Å². The summed E-state index contributed by atoms with van der Waals surface area (Å²) in [5.74, 6) is 0.919. The van der Waals surface area contributed by atoms with E-state index in [1.54, 1.807) is 16.3 Å². The van der Waals surface area contributed by atoms with E-state index in [2.05, 4.69) is 28.9 Å². The van der Waals surface area contributed by atoms with Gasteiger partial charge in [-0.15, -0.1) is 11.6 Å². The maximum atomic E-state index is 14.0. The molecule has 2 aliphatic heterocycles. The molecule has 2 saturated heterocycles. The van der Waals surface area contributed by atoms with Crippen molar-refractivity contribution in [2.45, 2.75) is 144 Å². The number of amides is 1. The fourth-order valence-electron chi connectivity index (χ4n) is 9.53. The molecule has 14 heteroatoms. The Morgan fingerprint density at radius 3 is 2.63 bits per heavy atom. The Balaban J connectivity index is 1.11. The molecule has 0 aromatic carbocycles. The van der Waals surface area contributed by atoms with Crippen molar-refractivity contribution >= 4 is 39.3 Å². The summed E-state index contributed by atoms with van der Waals surface area (Å²) in [6.45, 7) is 6.83. The van der Waals surface area contributed by atoms with E-state index in [-0.39, 0.29) is 52.3 Å². The number of halogens is 1. The van der Waals surface area contributed by atoms with Gasteiger partial charge in [-0.3, -0.25) is 18.9 Å². The lowest BCUT2D eigenvalue weighted by atomic mass is 9.70. The van der Waals surface area contributed by atoms with Gasteiger partial charge < -0.3 is 20.1 Å². The van der Waals surface area contributed by atoms with Crippen molar-refractivity contribution < 1.29 is 23.1 Å². The fourth-order valence-corrected chi connectivity index (χ4v) is 12.2. The molecule has 0 radical (unpaired) electrons. The Kier molecular flexibility index (Phi) is 11.5. The first kappa shape index (κ1) is 37.5. The molecular weight excluding hydrogens is 686 g/mol. The standard InChI is InChI=1S/C35H56ClN5O6S2/c1-20-16-26(32-31(37-20)28(19-48-32)33(42)39-49(5,45)46)25-17-22(36)6-9-30(25)47-15-14-41-21(2)38-29-8-7-24(18-27(29)34(41)43)40(4)23-10-12-35(3,44)13-11-23/h20,22-26,28,30-32,37,44H,6-19H2,1-5H3,(H,39,42)/t20?,22?,23?,24-,25?,26?,28?,30?,31?,32?,35?/m1/s1. The SMILES string of the molecule is Cc1nc2c(c(=O)n1CCOC1CCC(Cl)CC1C1CC(C)NC3C(C(=O)NS(C)(=O)=O)CSC13)C[C@H](N(C)C1CCC(C)(O)CC1)CC2. The average molecular weight is 742 g/mol. The van der Waals surface area contributed by atoms with E-state index in [0.29, 0.717) is 31.4 Å². The third-order valence-corrected chi connectivity index (χ3v) is 14.8. The van der Waals surface area contributed by atoms with Crippen LogP contribution in [0.25, 0.3) is 0 Å². The summed E-state index contributed by atoms with van der Waals surface area (Å²) >= 11 is 8.54. The highest BCUT2D eigenvalue weighted by Crippen LogP contribution is 2.48. The van der Waals surface area contributed by atoms with Crippen molar-refractivity contribution in [1.82, 2.24) is 24.5 Å². The molecule has 1 aromatic heterocycles. The summed E-state index contributed by atoms with van der Waals surface area (Å²) in [6, 6.07) is 0.771. The molecule has 11 nitrogen and oxygen atoms in total. The average Bonchev–Trinajstić information content (AvgIpc) is 3.45. The maximum absolute atomic E-state index is 14.0. The van der Waals surface area contributed by atoms with E-state index >= 15 is 0 Å². The van der Waals surface area contributed by atoms with Gasteiger partial charge in [-0.25, -0.2) is 13.4 Å². The van der Waals surface area contributed by atoms with E-state index in [4.69, 9.17) is 21.3 Å². The lowest BCUT2D eigenvalue weighted by molar-refractivity contribution is -0.123. The molecule has 3 aliphatic carbocycles. The molecule has 276 valence electrons. The number of ether oxygens (including phenoxy) is 1. The quantitative estimate of drug-likeness (QED) is 0.324. The molecule has 6 rings (SSSR count). The third-order valence-electron chi connectivity index (χ3n) is 12.2. The second-order valence-corrected chi connectivity index (χ2v) is 19.5. The van der Waals surface area contributed by atoms with Crippen LogP contribution in [0, 0.1) is 24.7 Å². The number of rotatable bonds is 9. The van der Waals surface area contributed by atoms with E-state index in [9.17, 15) is 23.1 Å². The van der Waals surface area contributed by atoms with Crippen molar-refractivity contribution in [3.63, 3.8) is 0 Å². The first-order valence-corrected chi connectivity index (χ1v) is 21.7. The first-order chi connectivity index (χ1) is 23.1. The molecule has 0 spiro atoms. The highest BCUT2D eigenvalue weighted by molar-refractivity contribution is 8.00. The van der Waals surface area contributed by atoms with E-state index < -0.39 is 27.4 Å². The largest absolute Gasteiger partial charge is 0.390 e. The van der Waals surface area contributed by atoms with Crippen molar-refractivity contribution in [3.05, 3.63) is 27.4 Å². The van der Waals surface area contributed by atoms with Gasteiger partial charge in [-0.2, -0.15) is 11.8 Å². The summed E-state index contributed by atoms with van der Waals surface area (Å²) < 4.78 is 34.3. The topological polar surface area (TPSA) is 143 Å². The second kappa shape index (κ2) is 15.0. The smallest absolute Gasteiger partial charge is 0.257 e. The number of thioether (sulfide) groups is 1. The van der Waals surface area contributed by atoms with Crippen LogP contribution in [0.5, 0.6) is 0 Å². The number of alkyl halides is 1. The molecule has 49 heavy (non-hydrogen) atoms. The van der Waals surface area contributed by atoms with Crippen LogP contribution in [-0.2, 0) is 38.9 Å². The van der Waals surface area contributed by atoms with Crippen LogP contribution in [0.4, 0.5) is 0 Å². The summed E-state index contributed by atoms with van der Waals surface area (Å²) in [6.07, 6.45) is 10.6. The zero-order chi connectivity index (χ0) is 35.2. The van der Waals surface area contributed by atoms with Crippen molar-refractivity contribution in [2.24, 2.45) is 17.8 Å². The van der Waals surface area contributed by atoms with Gasteiger partial charge in [0.05, 0.1) is 42.7 Å². The molecule has 8 unspecified atom stereocenters. The van der Waals surface area contributed by atoms with Gasteiger partial charge >= 0.3 is 0 Å². The Bertz CT molecular complexity index is 1530. The van der Waals surface area contributed by atoms with Gasteiger partial charge in [0.25, 0.3) is 5.56 Å². The molecule has 1 amide bonds. The summed E-state index contributed by atoms with van der Waals surface area (Å²) in [7, 11) is -1.45. The Labute approximate surface area is 301 Å². The minimum absolute atomic E-state index is 0.00802. The van der Waals surface area contributed by atoms with Gasteiger partial charge in [-0.05, 0) is 110 Å². The van der Waals surface area contributed by atoms with Crippen LogP contribution in [0.2, 0.25) is 0 Å². The van der Waals surface area contributed by atoms with E-state index in [1.165, 1.54) is 0 Å². The molecule has 5 aliphatic rings. The number of fused-ring (bicyclic) bond motifs is 2. The van der Waals surface area contributed by atoms with Crippen LogP contribution in [0.3, 0.4) is 0 Å². The molecule has 3 N–H and O–H groups in total. The second-order valence-electron chi connectivity index (χ2n) is 16.0. The van der Waals surface area contributed by atoms with Crippen LogP contribution in [-0.4, -0.2) is 106 Å². The number of carbonyl (C=O) groups is 1. The van der Waals surface area contributed by atoms with E-state index in [1.807, 2.05) is 13.8 Å².